The maximum atomic E-state index is 12.0. The van der Waals surface area contributed by atoms with Crippen molar-refractivity contribution in [3.05, 3.63) is 11.6 Å². The Labute approximate surface area is 140 Å². The van der Waals surface area contributed by atoms with Gasteiger partial charge in [0.25, 0.3) is 0 Å². The number of carbonyl (C=O) groups excluding carboxylic acids is 1. The van der Waals surface area contributed by atoms with Crippen LogP contribution in [0, 0.1) is 5.92 Å². The summed E-state index contributed by atoms with van der Waals surface area (Å²) in [6.07, 6.45) is 8.36. The molecule has 1 aliphatic heterocycles. The van der Waals surface area contributed by atoms with Crippen LogP contribution in [0.15, 0.2) is 11.6 Å². The zero-order chi connectivity index (χ0) is 16.5. The molecular weight excluding hydrogens is 290 g/mol. The summed E-state index contributed by atoms with van der Waals surface area (Å²) in [6, 6.07) is 0.339. The fraction of sp³-hybridized carbons (Fsp3) is 0.833. The zero-order valence-corrected chi connectivity index (χ0v) is 14.8. The van der Waals surface area contributed by atoms with Gasteiger partial charge in [-0.3, -0.25) is 4.90 Å². The van der Waals surface area contributed by atoms with Crippen LogP contribution in [-0.2, 0) is 4.74 Å². The standard InChI is InChI=1S/C18H33N3O2/c1-15(2)17(21-10-12-23-13-11-21)14-20-18(22)19-9-8-16-6-4-3-5-7-16/h6,15,17H,3-5,7-14H2,1-2H3,(H2,19,20,22). The predicted molar refractivity (Wildman–Crippen MR) is 93.6 cm³/mol. The Hall–Kier alpha value is -1.07. The van der Waals surface area contributed by atoms with Gasteiger partial charge in [0.1, 0.15) is 0 Å². The van der Waals surface area contributed by atoms with E-state index in [4.69, 9.17) is 4.74 Å². The Morgan fingerprint density at radius 3 is 2.70 bits per heavy atom. The number of rotatable bonds is 7. The minimum Gasteiger partial charge on any atom is -0.379 e. The van der Waals surface area contributed by atoms with E-state index in [1.807, 2.05) is 0 Å². The molecule has 1 saturated heterocycles. The molecule has 0 bridgehead atoms. The molecule has 0 aromatic heterocycles. The van der Waals surface area contributed by atoms with E-state index in [1.54, 1.807) is 0 Å². The molecule has 0 saturated carbocycles. The third-order valence-corrected chi connectivity index (χ3v) is 4.87. The monoisotopic (exact) mass is 323 g/mol. The van der Waals surface area contributed by atoms with Gasteiger partial charge in [-0.1, -0.05) is 25.5 Å². The normalized spacial score (nSPS) is 20.9. The molecule has 2 amide bonds. The van der Waals surface area contributed by atoms with E-state index in [2.05, 4.69) is 35.5 Å². The molecule has 1 heterocycles. The highest BCUT2D eigenvalue weighted by atomic mass is 16.5. The van der Waals surface area contributed by atoms with Crippen molar-refractivity contribution in [1.82, 2.24) is 15.5 Å². The number of nitrogens with one attached hydrogen (secondary N) is 2. The molecule has 1 aliphatic carbocycles. The van der Waals surface area contributed by atoms with Crippen LogP contribution in [0.3, 0.4) is 0 Å². The highest BCUT2D eigenvalue weighted by molar-refractivity contribution is 5.73. The van der Waals surface area contributed by atoms with Crippen LogP contribution < -0.4 is 10.6 Å². The SMILES string of the molecule is CC(C)C(CNC(=O)NCCC1=CCCCC1)N1CCOCC1. The largest absolute Gasteiger partial charge is 0.379 e. The Balaban J connectivity index is 1.65. The van der Waals surface area contributed by atoms with Crippen molar-refractivity contribution in [3.8, 4) is 0 Å². The van der Waals surface area contributed by atoms with Crippen LogP contribution in [-0.4, -0.2) is 56.4 Å². The molecule has 0 aromatic carbocycles. The molecule has 2 N–H and O–H groups in total. The van der Waals surface area contributed by atoms with Gasteiger partial charge >= 0.3 is 6.03 Å². The lowest BCUT2D eigenvalue weighted by Gasteiger charge is -2.36. The lowest BCUT2D eigenvalue weighted by atomic mass is 9.97. The molecule has 5 nitrogen and oxygen atoms in total. The molecule has 132 valence electrons. The Bertz CT molecular complexity index is 390. The zero-order valence-electron chi connectivity index (χ0n) is 14.8. The van der Waals surface area contributed by atoms with Crippen molar-refractivity contribution < 1.29 is 9.53 Å². The fourth-order valence-corrected chi connectivity index (χ4v) is 3.42. The van der Waals surface area contributed by atoms with Gasteiger partial charge in [-0.05, 0) is 38.0 Å². The van der Waals surface area contributed by atoms with E-state index in [0.29, 0.717) is 18.5 Å². The van der Waals surface area contributed by atoms with Gasteiger partial charge < -0.3 is 15.4 Å². The molecule has 2 aliphatic rings. The Kier molecular flexibility index (Phi) is 7.89. The van der Waals surface area contributed by atoms with Gasteiger partial charge in [-0.15, -0.1) is 0 Å². The van der Waals surface area contributed by atoms with Crippen molar-refractivity contribution in [2.24, 2.45) is 5.92 Å². The van der Waals surface area contributed by atoms with Crippen molar-refractivity contribution in [2.75, 3.05) is 39.4 Å². The summed E-state index contributed by atoms with van der Waals surface area (Å²) < 4.78 is 5.42. The molecule has 1 unspecified atom stereocenters. The molecule has 5 heteroatoms. The second-order valence-corrected chi connectivity index (χ2v) is 6.95. The van der Waals surface area contributed by atoms with Crippen molar-refractivity contribution in [1.29, 1.82) is 0 Å². The van der Waals surface area contributed by atoms with Crippen molar-refractivity contribution in [3.63, 3.8) is 0 Å². The first-order valence-electron chi connectivity index (χ1n) is 9.18. The number of allylic oxidation sites excluding steroid dienone is 1. The first kappa shape index (κ1) is 18.3. The van der Waals surface area contributed by atoms with E-state index >= 15 is 0 Å². The fourth-order valence-electron chi connectivity index (χ4n) is 3.42. The number of hydrogen-bond acceptors (Lipinski definition) is 3. The van der Waals surface area contributed by atoms with Crippen LogP contribution in [0.25, 0.3) is 0 Å². The number of hydrogen-bond donors (Lipinski definition) is 2. The molecule has 2 rings (SSSR count). The molecule has 0 aromatic rings. The summed E-state index contributed by atoms with van der Waals surface area (Å²) >= 11 is 0. The van der Waals surface area contributed by atoms with E-state index in [0.717, 1.165) is 39.3 Å². The lowest BCUT2D eigenvalue weighted by molar-refractivity contribution is 0.00720. The smallest absolute Gasteiger partial charge is 0.314 e. The van der Waals surface area contributed by atoms with Gasteiger partial charge in [0.05, 0.1) is 13.2 Å². The van der Waals surface area contributed by atoms with Crippen LogP contribution in [0.2, 0.25) is 0 Å². The van der Waals surface area contributed by atoms with Gasteiger partial charge in [-0.25, -0.2) is 4.79 Å². The minimum absolute atomic E-state index is 0.0414. The van der Waals surface area contributed by atoms with Crippen molar-refractivity contribution in [2.45, 2.75) is 52.0 Å². The summed E-state index contributed by atoms with van der Waals surface area (Å²) in [5.74, 6) is 0.515. The van der Waals surface area contributed by atoms with Crippen LogP contribution >= 0.6 is 0 Å². The maximum Gasteiger partial charge on any atom is 0.314 e. The van der Waals surface area contributed by atoms with Gasteiger partial charge in [0.2, 0.25) is 0 Å². The predicted octanol–water partition coefficient (Wildman–Crippen LogP) is 2.53. The summed E-state index contributed by atoms with van der Waals surface area (Å²) in [5, 5.41) is 6.04. The van der Waals surface area contributed by atoms with Gasteiger partial charge in [-0.2, -0.15) is 0 Å². The molecule has 1 atom stereocenters. The second kappa shape index (κ2) is 9.93. The molecule has 23 heavy (non-hydrogen) atoms. The third-order valence-electron chi connectivity index (χ3n) is 4.87. The quantitative estimate of drug-likeness (QED) is 0.708. The first-order chi connectivity index (χ1) is 11.2. The Morgan fingerprint density at radius 2 is 2.04 bits per heavy atom. The third kappa shape index (κ3) is 6.51. The number of ether oxygens (including phenoxy) is 1. The average Bonchev–Trinajstić information content (AvgIpc) is 2.57. The summed E-state index contributed by atoms with van der Waals surface area (Å²) in [4.78, 5) is 14.4. The topological polar surface area (TPSA) is 53.6 Å². The maximum absolute atomic E-state index is 12.0. The van der Waals surface area contributed by atoms with E-state index < -0.39 is 0 Å². The molecule has 1 fully saturated rings. The van der Waals surface area contributed by atoms with E-state index in [-0.39, 0.29) is 6.03 Å². The average molecular weight is 323 g/mol. The van der Waals surface area contributed by atoms with E-state index in [9.17, 15) is 4.79 Å². The number of nitrogens with zero attached hydrogens (tertiary/aromatic N) is 1. The van der Waals surface area contributed by atoms with Crippen LogP contribution in [0.5, 0.6) is 0 Å². The summed E-state index contributed by atoms with van der Waals surface area (Å²) in [6.45, 7) is 9.38. The summed E-state index contributed by atoms with van der Waals surface area (Å²) in [7, 11) is 0. The number of carbonyl (C=O) groups is 1. The van der Waals surface area contributed by atoms with Crippen molar-refractivity contribution >= 4 is 6.03 Å². The van der Waals surface area contributed by atoms with Gasteiger partial charge in [0, 0.05) is 32.2 Å². The highest BCUT2D eigenvalue weighted by Gasteiger charge is 2.24. The number of urea groups is 1. The molecular formula is C18H33N3O2. The second-order valence-electron chi connectivity index (χ2n) is 6.95. The first-order valence-corrected chi connectivity index (χ1v) is 9.18. The van der Waals surface area contributed by atoms with Crippen LogP contribution in [0.1, 0.15) is 46.0 Å². The van der Waals surface area contributed by atoms with Crippen LogP contribution in [0.4, 0.5) is 4.79 Å². The minimum atomic E-state index is -0.0414. The lowest BCUT2D eigenvalue weighted by Crippen LogP contribution is -2.52. The number of amides is 2. The van der Waals surface area contributed by atoms with E-state index in [1.165, 1.54) is 31.3 Å². The Morgan fingerprint density at radius 1 is 1.26 bits per heavy atom. The number of morpholine rings is 1. The van der Waals surface area contributed by atoms with Gasteiger partial charge in [0.15, 0.2) is 0 Å². The highest BCUT2D eigenvalue weighted by Crippen LogP contribution is 2.19. The summed E-state index contributed by atoms with van der Waals surface area (Å²) in [5.41, 5.74) is 1.50. The molecule has 0 radical (unpaired) electrons. The molecule has 0 spiro atoms.